The number of aliphatic carboxylic acids is 1. The summed E-state index contributed by atoms with van der Waals surface area (Å²) in [4.78, 5) is 11.0. The van der Waals surface area contributed by atoms with E-state index in [1.807, 2.05) is 20.8 Å². The lowest BCUT2D eigenvalue weighted by Gasteiger charge is -2.28. The molecular weight excluding hydrogens is 154 g/mol. The second-order valence-corrected chi connectivity index (χ2v) is 3.02. The molecule has 0 heterocycles. The van der Waals surface area contributed by atoms with Crippen molar-refractivity contribution in [1.29, 1.82) is 0 Å². The standard InChI is InChI=1S/C9H19NO2/c1-4-7-9(5-2,8(11)12)10-6-3/h10H,4-7H2,1-3H3,(H,11,12). The van der Waals surface area contributed by atoms with Crippen LogP contribution in [0.2, 0.25) is 0 Å². The van der Waals surface area contributed by atoms with Gasteiger partial charge in [-0.2, -0.15) is 0 Å². The van der Waals surface area contributed by atoms with Gasteiger partial charge in [0.2, 0.25) is 0 Å². The predicted molar refractivity (Wildman–Crippen MR) is 49.2 cm³/mol. The van der Waals surface area contributed by atoms with Crippen LogP contribution in [0, 0.1) is 0 Å². The smallest absolute Gasteiger partial charge is 0.323 e. The Morgan fingerprint density at radius 2 is 2.00 bits per heavy atom. The molecule has 0 aromatic rings. The van der Waals surface area contributed by atoms with Crippen LogP contribution in [0.15, 0.2) is 0 Å². The third-order valence-corrected chi connectivity index (χ3v) is 2.20. The van der Waals surface area contributed by atoms with Gasteiger partial charge in [-0.05, 0) is 19.4 Å². The molecule has 0 spiro atoms. The van der Waals surface area contributed by atoms with Gasteiger partial charge in [0.25, 0.3) is 0 Å². The van der Waals surface area contributed by atoms with Gasteiger partial charge >= 0.3 is 5.97 Å². The summed E-state index contributed by atoms with van der Waals surface area (Å²) in [5, 5.41) is 12.1. The third kappa shape index (κ3) is 2.48. The van der Waals surface area contributed by atoms with E-state index in [4.69, 9.17) is 5.11 Å². The Labute approximate surface area is 74.2 Å². The van der Waals surface area contributed by atoms with Gasteiger partial charge in [0.1, 0.15) is 5.54 Å². The van der Waals surface area contributed by atoms with Crippen molar-refractivity contribution in [1.82, 2.24) is 5.32 Å². The van der Waals surface area contributed by atoms with Crippen LogP contribution in [0.5, 0.6) is 0 Å². The number of nitrogens with one attached hydrogen (secondary N) is 1. The highest BCUT2D eigenvalue weighted by Crippen LogP contribution is 2.17. The summed E-state index contributed by atoms with van der Waals surface area (Å²) in [6, 6.07) is 0. The van der Waals surface area contributed by atoms with Crippen LogP contribution < -0.4 is 5.32 Å². The highest BCUT2D eigenvalue weighted by Gasteiger charge is 2.34. The Bertz CT molecular complexity index is 139. The van der Waals surface area contributed by atoms with E-state index in [0.29, 0.717) is 19.4 Å². The van der Waals surface area contributed by atoms with Crippen LogP contribution >= 0.6 is 0 Å². The Hall–Kier alpha value is -0.570. The first kappa shape index (κ1) is 11.4. The zero-order valence-electron chi connectivity index (χ0n) is 8.18. The normalized spacial score (nSPS) is 15.6. The molecule has 0 amide bonds. The van der Waals surface area contributed by atoms with Crippen LogP contribution in [0.3, 0.4) is 0 Å². The maximum absolute atomic E-state index is 11.0. The molecule has 0 saturated heterocycles. The van der Waals surface area contributed by atoms with Gasteiger partial charge < -0.3 is 10.4 Å². The van der Waals surface area contributed by atoms with Crippen molar-refractivity contribution in [2.75, 3.05) is 6.54 Å². The minimum Gasteiger partial charge on any atom is -0.480 e. The van der Waals surface area contributed by atoms with Crippen molar-refractivity contribution in [2.24, 2.45) is 0 Å². The molecule has 1 unspecified atom stereocenters. The van der Waals surface area contributed by atoms with E-state index in [1.165, 1.54) is 0 Å². The van der Waals surface area contributed by atoms with Crippen molar-refractivity contribution in [3.05, 3.63) is 0 Å². The zero-order valence-corrected chi connectivity index (χ0v) is 8.18. The summed E-state index contributed by atoms with van der Waals surface area (Å²) in [6.07, 6.45) is 2.24. The molecule has 3 nitrogen and oxygen atoms in total. The highest BCUT2D eigenvalue weighted by atomic mass is 16.4. The van der Waals surface area contributed by atoms with E-state index in [9.17, 15) is 4.79 Å². The lowest BCUT2D eigenvalue weighted by Crippen LogP contribution is -2.51. The third-order valence-electron chi connectivity index (χ3n) is 2.20. The molecule has 0 saturated carbocycles. The number of carbonyl (C=O) groups is 1. The maximum Gasteiger partial charge on any atom is 0.323 e. The summed E-state index contributed by atoms with van der Waals surface area (Å²) >= 11 is 0. The summed E-state index contributed by atoms with van der Waals surface area (Å²) in [5.41, 5.74) is -0.691. The fourth-order valence-corrected chi connectivity index (χ4v) is 1.49. The average molecular weight is 173 g/mol. The lowest BCUT2D eigenvalue weighted by molar-refractivity contribution is -0.145. The van der Waals surface area contributed by atoms with Crippen LogP contribution in [0.4, 0.5) is 0 Å². The number of carboxylic acids is 1. The van der Waals surface area contributed by atoms with E-state index in [-0.39, 0.29) is 0 Å². The Morgan fingerprint density at radius 1 is 1.42 bits per heavy atom. The van der Waals surface area contributed by atoms with Gasteiger partial charge in [0.05, 0.1) is 0 Å². The SMILES string of the molecule is CCCC(CC)(NCC)C(=O)O. The molecule has 0 aromatic heterocycles. The van der Waals surface area contributed by atoms with Crippen molar-refractivity contribution in [3.63, 3.8) is 0 Å². The van der Waals surface area contributed by atoms with E-state index < -0.39 is 11.5 Å². The first-order valence-corrected chi connectivity index (χ1v) is 4.61. The number of hydrogen-bond donors (Lipinski definition) is 2. The fraction of sp³-hybridized carbons (Fsp3) is 0.889. The molecule has 0 bridgehead atoms. The van der Waals surface area contributed by atoms with Gasteiger partial charge in [-0.1, -0.05) is 27.2 Å². The summed E-state index contributed by atoms with van der Waals surface area (Å²) in [7, 11) is 0. The van der Waals surface area contributed by atoms with Gasteiger partial charge in [0, 0.05) is 0 Å². The molecule has 0 fully saturated rings. The van der Waals surface area contributed by atoms with Crippen LogP contribution in [-0.4, -0.2) is 23.2 Å². The Balaban J connectivity index is 4.39. The monoisotopic (exact) mass is 173 g/mol. The number of hydrogen-bond acceptors (Lipinski definition) is 2. The number of carboxylic acid groups (broad SMARTS) is 1. The molecule has 0 aliphatic heterocycles. The van der Waals surface area contributed by atoms with Crippen LogP contribution in [-0.2, 0) is 4.79 Å². The molecule has 0 radical (unpaired) electrons. The van der Waals surface area contributed by atoms with Crippen LogP contribution in [0.25, 0.3) is 0 Å². The van der Waals surface area contributed by atoms with Crippen molar-refractivity contribution >= 4 is 5.97 Å². The maximum atomic E-state index is 11.0. The molecule has 3 heteroatoms. The van der Waals surface area contributed by atoms with Gasteiger partial charge in [-0.15, -0.1) is 0 Å². The van der Waals surface area contributed by atoms with Crippen LogP contribution in [0.1, 0.15) is 40.0 Å². The first-order valence-electron chi connectivity index (χ1n) is 4.61. The Kier molecular flexibility index (Phi) is 4.90. The second kappa shape index (κ2) is 5.14. The average Bonchev–Trinajstić information content (AvgIpc) is 2.03. The molecule has 0 aliphatic rings. The van der Waals surface area contributed by atoms with Crippen molar-refractivity contribution in [3.8, 4) is 0 Å². The summed E-state index contributed by atoms with van der Waals surface area (Å²) in [5.74, 6) is -0.728. The molecule has 12 heavy (non-hydrogen) atoms. The molecule has 0 aromatic carbocycles. The first-order chi connectivity index (χ1) is 5.63. The summed E-state index contributed by atoms with van der Waals surface area (Å²) in [6.45, 7) is 6.56. The number of likely N-dealkylation sites (N-methyl/N-ethyl adjacent to an activating group) is 1. The Morgan fingerprint density at radius 3 is 2.25 bits per heavy atom. The van der Waals surface area contributed by atoms with Gasteiger partial charge in [-0.25, -0.2) is 0 Å². The number of rotatable bonds is 6. The highest BCUT2D eigenvalue weighted by molar-refractivity contribution is 5.78. The van der Waals surface area contributed by atoms with Crippen molar-refractivity contribution < 1.29 is 9.90 Å². The molecule has 0 rings (SSSR count). The lowest BCUT2D eigenvalue weighted by atomic mass is 9.91. The second-order valence-electron chi connectivity index (χ2n) is 3.02. The van der Waals surface area contributed by atoms with E-state index >= 15 is 0 Å². The minimum absolute atomic E-state index is 0.643. The van der Waals surface area contributed by atoms with E-state index in [2.05, 4.69) is 5.32 Å². The molecular formula is C9H19NO2. The fourth-order valence-electron chi connectivity index (χ4n) is 1.49. The van der Waals surface area contributed by atoms with E-state index in [1.54, 1.807) is 0 Å². The van der Waals surface area contributed by atoms with E-state index in [0.717, 1.165) is 6.42 Å². The molecule has 0 aliphatic carbocycles. The largest absolute Gasteiger partial charge is 0.480 e. The summed E-state index contributed by atoms with van der Waals surface area (Å²) < 4.78 is 0. The zero-order chi connectivity index (χ0) is 9.61. The molecule has 1 atom stereocenters. The quantitative estimate of drug-likeness (QED) is 0.642. The van der Waals surface area contributed by atoms with Gasteiger partial charge in [0.15, 0.2) is 0 Å². The predicted octanol–water partition coefficient (Wildman–Crippen LogP) is 1.63. The van der Waals surface area contributed by atoms with Gasteiger partial charge in [-0.3, -0.25) is 4.79 Å². The molecule has 2 N–H and O–H groups in total. The minimum atomic E-state index is -0.728. The van der Waals surface area contributed by atoms with Crippen molar-refractivity contribution in [2.45, 2.75) is 45.6 Å². The molecule has 72 valence electrons. The topological polar surface area (TPSA) is 49.3 Å².